The topological polar surface area (TPSA) is 55.4 Å². The average Bonchev–Trinajstić information content (AvgIpc) is 3.12. The van der Waals surface area contributed by atoms with Gasteiger partial charge in [-0.25, -0.2) is 9.18 Å². The Morgan fingerprint density at radius 2 is 2.16 bits per heavy atom. The van der Waals surface area contributed by atoms with Gasteiger partial charge in [-0.3, -0.25) is 4.79 Å². The average molecular weight is 286 g/mol. The minimum absolute atomic E-state index is 0.0419. The van der Waals surface area contributed by atoms with Gasteiger partial charge in [0.25, 0.3) is 5.91 Å². The van der Waals surface area contributed by atoms with Crippen molar-refractivity contribution in [2.24, 2.45) is 0 Å². The highest BCUT2D eigenvalue weighted by atomic mass is 35.5. The van der Waals surface area contributed by atoms with Crippen LogP contribution in [0.4, 0.5) is 4.39 Å². The van der Waals surface area contributed by atoms with E-state index < -0.39 is 17.9 Å². The lowest BCUT2D eigenvalue weighted by atomic mass is 10.2. The highest BCUT2D eigenvalue weighted by molar-refractivity contribution is 6.33. The van der Waals surface area contributed by atoms with Crippen molar-refractivity contribution in [1.82, 2.24) is 5.32 Å². The molecule has 1 amide bonds. The SMILES string of the molecule is C[C@H](OC(=O)c1c(F)cccc1Cl)C(=O)NC1CC1. The van der Waals surface area contributed by atoms with Crippen LogP contribution < -0.4 is 5.32 Å². The Hall–Kier alpha value is -1.62. The summed E-state index contributed by atoms with van der Waals surface area (Å²) in [5.41, 5.74) is -0.352. The third-order valence-electron chi connectivity index (χ3n) is 2.74. The first kappa shape index (κ1) is 13.8. The minimum Gasteiger partial charge on any atom is -0.449 e. The quantitative estimate of drug-likeness (QED) is 0.864. The molecular formula is C13H13ClFNO3. The zero-order valence-corrected chi connectivity index (χ0v) is 11.0. The number of halogens is 2. The number of esters is 1. The largest absolute Gasteiger partial charge is 0.449 e. The molecule has 1 aliphatic rings. The standard InChI is InChI=1S/C13H13ClFNO3/c1-7(12(17)16-8-5-6-8)19-13(18)11-9(14)3-2-4-10(11)15/h2-4,7-8H,5-6H2,1H3,(H,16,17)/t7-/m0/s1. The number of hydrogen-bond donors (Lipinski definition) is 1. The van der Waals surface area contributed by atoms with Gasteiger partial charge < -0.3 is 10.1 Å². The molecule has 1 N–H and O–H groups in total. The van der Waals surface area contributed by atoms with Crippen molar-refractivity contribution < 1.29 is 18.7 Å². The molecule has 0 radical (unpaired) electrons. The molecular weight excluding hydrogens is 273 g/mol. The van der Waals surface area contributed by atoms with Gasteiger partial charge in [0.15, 0.2) is 6.10 Å². The van der Waals surface area contributed by atoms with E-state index in [9.17, 15) is 14.0 Å². The van der Waals surface area contributed by atoms with Crippen LogP contribution in [0.25, 0.3) is 0 Å². The van der Waals surface area contributed by atoms with Gasteiger partial charge >= 0.3 is 5.97 Å². The smallest absolute Gasteiger partial charge is 0.343 e. The van der Waals surface area contributed by atoms with Crippen molar-refractivity contribution in [2.45, 2.75) is 31.9 Å². The zero-order chi connectivity index (χ0) is 14.0. The van der Waals surface area contributed by atoms with Gasteiger partial charge in [-0.1, -0.05) is 17.7 Å². The monoisotopic (exact) mass is 285 g/mol. The Morgan fingerprint density at radius 1 is 1.47 bits per heavy atom. The van der Waals surface area contributed by atoms with E-state index >= 15 is 0 Å². The van der Waals surface area contributed by atoms with E-state index in [0.29, 0.717) is 0 Å². The summed E-state index contributed by atoms with van der Waals surface area (Å²) >= 11 is 5.74. The van der Waals surface area contributed by atoms with E-state index in [1.54, 1.807) is 0 Å². The number of benzene rings is 1. The lowest BCUT2D eigenvalue weighted by Gasteiger charge is -2.13. The first-order valence-corrected chi connectivity index (χ1v) is 6.32. The summed E-state index contributed by atoms with van der Waals surface area (Å²) in [4.78, 5) is 23.4. The molecule has 1 aromatic rings. The van der Waals surface area contributed by atoms with Gasteiger partial charge in [0, 0.05) is 6.04 Å². The first-order chi connectivity index (χ1) is 8.99. The fraction of sp³-hybridized carbons (Fsp3) is 0.385. The van der Waals surface area contributed by atoms with Crippen LogP contribution in [0.2, 0.25) is 5.02 Å². The number of hydrogen-bond acceptors (Lipinski definition) is 3. The van der Waals surface area contributed by atoms with Crippen LogP contribution in [0.1, 0.15) is 30.1 Å². The van der Waals surface area contributed by atoms with Crippen molar-refractivity contribution in [3.05, 3.63) is 34.6 Å². The molecule has 0 aromatic heterocycles. The van der Waals surface area contributed by atoms with E-state index in [0.717, 1.165) is 18.9 Å². The van der Waals surface area contributed by atoms with Crippen LogP contribution in [-0.4, -0.2) is 24.0 Å². The lowest BCUT2D eigenvalue weighted by molar-refractivity contribution is -0.129. The van der Waals surface area contributed by atoms with Crippen molar-refractivity contribution >= 4 is 23.5 Å². The predicted octanol–water partition coefficient (Wildman–Crippen LogP) is 2.30. The molecule has 1 aromatic carbocycles. The number of rotatable bonds is 4. The zero-order valence-electron chi connectivity index (χ0n) is 10.3. The van der Waals surface area contributed by atoms with E-state index in [4.69, 9.17) is 16.3 Å². The maximum atomic E-state index is 13.5. The number of nitrogens with one attached hydrogen (secondary N) is 1. The Balaban J connectivity index is 2.01. The molecule has 1 fully saturated rings. The maximum Gasteiger partial charge on any atom is 0.343 e. The van der Waals surface area contributed by atoms with Crippen LogP contribution in [-0.2, 0) is 9.53 Å². The number of ether oxygens (including phenoxy) is 1. The summed E-state index contributed by atoms with van der Waals surface area (Å²) in [6.07, 6.45) is 0.890. The van der Waals surface area contributed by atoms with Crippen LogP contribution in [0.15, 0.2) is 18.2 Å². The number of amides is 1. The third kappa shape index (κ3) is 3.44. The maximum absolute atomic E-state index is 13.5. The van der Waals surface area contributed by atoms with E-state index in [2.05, 4.69) is 5.32 Å². The third-order valence-corrected chi connectivity index (χ3v) is 3.06. The summed E-state index contributed by atoms with van der Waals surface area (Å²) in [5.74, 6) is -2.10. The van der Waals surface area contributed by atoms with Gasteiger partial charge in [0.2, 0.25) is 0 Å². The molecule has 0 spiro atoms. The Bertz CT molecular complexity index is 496. The van der Waals surface area contributed by atoms with Crippen LogP contribution in [0.5, 0.6) is 0 Å². The highest BCUT2D eigenvalue weighted by Gasteiger charge is 2.28. The highest BCUT2D eigenvalue weighted by Crippen LogP contribution is 2.21. The molecule has 0 unspecified atom stereocenters. The molecule has 2 rings (SSSR count). The summed E-state index contributed by atoms with van der Waals surface area (Å²) in [5, 5.41) is 2.65. The molecule has 6 heteroatoms. The predicted molar refractivity (Wildman–Crippen MR) is 67.5 cm³/mol. The Labute approximate surface area is 114 Å². The molecule has 0 aliphatic heterocycles. The lowest BCUT2D eigenvalue weighted by Crippen LogP contribution is -2.37. The van der Waals surface area contributed by atoms with Crippen LogP contribution in [0, 0.1) is 5.82 Å². The molecule has 0 heterocycles. The first-order valence-electron chi connectivity index (χ1n) is 5.94. The van der Waals surface area contributed by atoms with Crippen molar-refractivity contribution in [3.63, 3.8) is 0 Å². The van der Waals surface area contributed by atoms with Gasteiger partial charge in [0.1, 0.15) is 11.4 Å². The van der Waals surface area contributed by atoms with Crippen LogP contribution >= 0.6 is 11.6 Å². The summed E-state index contributed by atoms with van der Waals surface area (Å²) in [6, 6.07) is 4.05. The van der Waals surface area contributed by atoms with Gasteiger partial charge in [-0.2, -0.15) is 0 Å². The summed E-state index contributed by atoms with van der Waals surface area (Å²) in [7, 11) is 0. The van der Waals surface area contributed by atoms with Crippen molar-refractivity contribution in [2.75, 3.05) is 0 Å². The number of carbonyl (C=O) groups is 2. The molecule has 1 atom stereocenters. The molecule has 4 nitrogen and oxygen atoms in total. The van der Waals surface area contributed by atoms with E-state index in [-0.39, 0.29) is 22.5 Å². The number of carbonyl (C=O) groups excluding carboxylic acids is 2. The van der Waals surface area contributed by atoms with E-state index in [1.807, 2.05) is 0 Å². The van der Waals surface area contributed by atoms with Gasteiger partial charge in [-0.05, 0) is 31.9 Å². The Kier molecular flexibility index (Phi) is 4.04. The van der Waals surface area contributed by atoms with Crippen molar-refractivity contribution in [1.29, 1.82) is 0 Å². The Morgan fingerprint density at radius 3 is 2.74 bits per heavy atom. The van der Waals surface area contributed by atoms with Gasteiger partial charge in [0.05, 0.1) is 5.02 Å². The summed E-state index contributed by atoms with van der Waals surface area (Å²) < 4.78 is 18.4. The second kappa shape index (κ2) is 5.57. The summed E-state index contributed by atoms with van der Waals surface area (Å²) in [6.45, 7) is 1.43. The molecule has 0 bridgehead atoms. The fourth-order valence-corrected chi connectivity index (χ4v) is 1.75. The fourth-order valence-electron chi connectivity index (χ4n) is 1.51. The van der Waals surface area contributed by atoms with E-state index in [1.165, 1.54) is 19.1 Å². The molecule has 1 saturated carbocycles. The minimum atomic E-state index is -0.983. The molecule has 1 aliphatic carbocycles. The van der Waals surface area contributed by atoms with Crippen LogP contribution in [0.3, 0.4) is 0 Å². The molecule has 19 heavy (non-hydrogen) atoms. The van der Waals surface area contributed by atoms with Gasteiger partial charge in [-0.15, -0.1) is 0 Å². The molecule has 0 saturated heterocycles. The normalized spacial score (nSPS) is 15.7. The van der Waals surface area contributed by atoms with Crippen molar-refractivity contribution in [3.8, 4) is 0 Å². The molecule has 102 valence electrons. The second-order valence-electron chi connectivity index (χ2n) is 4.43. The second-order valence-corrected chi connectivity index (χ2v) is 4.83.